The zero-order valence-corrected chi connectivity index (χ0v) is 10.7. The van der Waals surface area contributed by atoms with Gasteiger partial charge in [0, 0.05) is 23.6 Å². The van der Waals surface area contributed by atoms with Crippen molar-refractivity contribution in [2.45, 2.75) is 6.61 Å². The third-order valence-electron chi connectivity index (χ3n) is 2.71. The molecule has 0 atom stereocenters. The minimum atomic E-state index is 0.317. The standard InChI is InChI=1S/C14H13N5O/c15-11-3-5-12(6-4-11)20-9-13-17-14(19-18-13)10-2-1-7-16-8-10/h1-8H,9,15H2,(H,17,18,19). The highest BCUT2D eigenvalue weighted by atomic mass is 16.5. The van der Waals surface area contributed by atoms with Gasteiger partial charge < -0.3 is 10.5 Å². The molecule has 0 fully saturated rings. The summed E-state index contributed by atoms with van der Waals surface area (Å²) in [7, 11) is 0. The molecular weight excluding hydrogens is 254 g/mol. The average Bonchev–Trinajstić information content (AvgIpc) is 2.97. The summed E-state index contributed by atoms with van der Waals surface area (Å²) in [6.45, 7) is 0.317. The molecule has 1 aromatic carbocycles. The van der Waals surface area contributed by atoms with E-state index in [2.05, 4.69) is 20.2 Å². The van der Waals surface area contributed by atoms with Crippen molar-refractivity contribution in [2.24, 2.45) is 0 Å². The summed E-state index contributed by atoms with van der Waals surface area (Å²) < 4.78 is 5.59. The van der Waals surface area contributed by atoms with Crippen molar-refractivity contribution in [3.8, 4) is 17.1 Å². The van der Waals surface area contributed by atoms with Gasteiger partial charge in [-0.2, -0.15) is 5.10 Å². The Hall–Kier alpha value is -2.89. The molecule has 0 aliphatic rings. The van der Waals surface area contributed by atoms with Crippen LogP contribution in [0.5, 0.6) is 5.75 Å². The third-order valence-corrected chi connectivity index (χ3v) is 2.71. The first-order valence-corrected chi connectivity index (χ1v) is 6.11. The third kappa shape index (κ3) is 2.74. The number of H-pyrrole nitrogens is 1. The Morgan fingerprint density at radius 3 is 2.75 bits per heavy atom. The molecule has 100 valence electrons. The van der Waals surface area contributed by atoms with E-state index < -0.39 is 0 Å². The average molecular weight is 267 g/mol. The van der Waals surface area contributed by atoms with Crippen LogP contribution in [-0.4, -0.2) is 20.2 Å². The first-order valence-electron chi connectivity index (χ1n) is 6.11. The number of nitrogens with two attached hydrogens (primary N) is 1. The van der Waals surface area contributed by atoms with Crippen LogP contribution in [0, 0.1) is 0 Å². The van der Waals surface area contributed by atoms with Crippen molar-refractivity contribution in [2.75, 3.05) is 5.73 Å². The smallest absolute Gasteiger partial charge is 0.182 e. The van der Waals surface area contributed by atoms with E-state index >= 15 is 0 Å². The van der Waals surface area contributed by atoms with E-state index in [0.717, 1.165) is 11.3 Å². The molecule has 0 aliphatic carbocycles. The SMILES string of the molecule is Nc1ccc(OCc2nc(-c3cccnc3)n[nH]2)cc1. The van der Waals surface area contributed by atoms with Gasteiger partial charge in [-0.1, -0.05) is 0 Å². The largest absolute Gasteiger partial charge is 0.486 e. The summed E-state index contributed by atoms with van der Waals surface area (Å²) in [5, 5.41) is 6.98. The molecular formula is C14H13N5O. The van der Waals surface area contributed by atoms with Crippen LogP contribution < -0.4 is 10.5 Å². The number of nitrogen functional groups attached to an aromatic ring is 1. The highest BCUT2D eigenvalue weighted by Gasteiger charge is 2.06. The minimum absolute atomic E-state index is 0.317. The predicted octanol–water partition coefficient (Wildman–Crippen LogP) is 2.03. The monoisotopic (exact) mass is 267 g/mol. The molecule has 0 bridgehead atoms. The summed E-state index contributed by atoms with van der Waals surface area (Å²) >= 11 is 0. The van der Waals surface area contributed by atoms with Gasteiger partial charge in [-0.15, -0.1) is 0 Å². The first-order chi connectivity index (χ1) is 9.81. The normalized spacial score (nSPS) is 10.4. The van der Waals surface area contributed by atoms with Gasteiger partial charge in [-0.25, -0.2) is 4.98 Å². The Bertz CT molecular complexity index is 678. The zero-order chi connectivity index (χ0) is 13.8. The molecule has 6 nitrogen and oxygen atoms in total. The number of anilines is 1. The number of aromatic amines is 1. The van der Waals surface area contributed by atoms with E-state index in [-0.39, 0.29) is 0 Å². The molecule has 6 heteroatoms. The molecule has 3 N–H and O–H groups in total. The molecule has 3 aromatic rings. The molecule has 0 amide bonds. The van der Waals surface area contributed by atoms with Gasteiger partial charge in [0.05, 0.1) is 0 Å². The van der Waals surface area contributed by atoms with Crippen LogP contribution in [0.1, 0.15) is 5.82 Å². The van der Waals surface area contributed by atoms with Crippen LogP contribution in [0.2, 0.25) is 0 Å². The quantitative estimate of drug-likeness (QED) is 0.706. The lowest BCUT2D eigenvalue weighted by Gasteiger charge is -2.03. The van der Waals surface area contributed by atoms with E-state index in [1.54, 1.807) is 24.5 Å². The fraction of sp³-hybridized carbons (Fsp3) is 0.0714. The molecule has 2 heterocycles. The van der Waals surface area contributed by atoms with Crippen LogP contribution in [0.25, 0.3) is 11.4 Å². The van der Waals surface area contributed by atoms with E-state index in [4.69, 9.17) is 10.5 Å². The summed E-state index contributed by atoms with van der Waals surface area (Å²) in [5.41, 5.74) is 7.18. The maximum Gasteiger partial charge on any atom is 0.182 e. The Kier molecular flexibility index (Phi) is 3.28. The molecule has 2 aromatic heterocycles. The fourth-order valence-corrected chi connectivity index (χ4v) is 1.70. The lowest BCUT2D eigenvalue weighted by Crippen LogP contribution is -1.97. The van der Waals surface area contributed by atoms with Gasteiger partial charge in [0.15, 0.2) is 11.6 Å². The molecule has 20 heavy (non-hydrogen) atoms. The van der Waals surface area contributed by atoms with E-state index in [9.17, 15) is 0 Å². The Balaban J connectivity index is 1.67. The Morgan fingerprint density at radius 1 is 1.15 bits per heavy atom. The second-order valence-corrected chi connectivity index (χ2v) is 4.21. The fourth-order valence-electron chi connectivity index (χ4n) is 1.70. The van der Waals surface area contributed by atoms with Gasteiger partial charge in [0.25, 0.3) is 0 Å². The van der Waals surface area contributed by atoms with Crippen molar-refractivity contribution < 1.29 is 4.74 Å². The highest BCUT2D eigenvalue weighted by Crippen LogP contribution is 2.15. The van der Waals surface area contributed by atoms with Crippen molar-refractivity contribution in [3.05, 3.63) is 54.6 Å². The Morgan fingerprint density at radius 2 is 2.00 bits per heavy atom. The van der Waals surface area contributed by atoms with E-state index in [0.29, 0.717) is 23.9 Å². The topological polar surface area (TPSA) is 89.7 Å². The van der Waals surface area contributed by atoms with Crippen LogP contribution in [0.15, 0.2) is 48.8 Å². The first kappa shape index (κ1) is 12.2. The van der Waals surface area contributed by atoms with E-state index in [1.807, 2.05) is 24.3 Å². The van der Waals surface area contributed by atoms with Gasteiger partial charge >= 0.3 is 0 Å². The molecule has 3 rings (SSSR count). The molecule has 0 saturated heterocycles. The van der Waals surface area contributed by atoms with Crippen LogP contribution >= 0.6 is 0 Å². The van der Waals surface area contributed by atoms with Crippen LogP contribution in [-0.2, 0) is 6.61 Å². The lowest BCUT2D eigenvalue weighted by molar-refractivity contribution is 0.296. The van der Waals surface area contributed by atoms with Gasteiger partial charge in [0.2, 0.25) is 0 Å². The van der Waals surface area contributed by atoms with Crippen molar-refractivity contribution >= 4 is 5.69 Å². The number of hydrogen-bond acceptors (Lipinski definition) is 5. The number of ether oxygens (including phenoxy) is 1. The van der Waals surface area contributed by atoms with Crippen molar-refractivity contribution in [1.29, 1.82) is 0 Å². The maximum atomic E-state index is 5.61. The summed E-state index contributed by atoms with van der Waals surface area (Å²) in [5.74, 6) is 1.99. The van der Waals surface area contributed by atoms with E-state index in [1.165, 1.54) is 0 Å². The number of rotatable bonds is 4. The summed E-state index contributed by atoms with van der Waals surface area (Å²) in [6, 6.07) is 11.0. The number of nitrogens with zero attached hydrogens (tertiary/aromatic N) is 3. The molecule has 0 aliphatic heterocycles. The van der Waals surface area contributed by atoms with Gasteiger partial charge in [0.1, 0.15) is 12.4 Å². The van der Waals surface area contributed by atoms with Crippen LogP contribution in [0.3, 0.4) is 0 Å². The number of hydrogen-bond donors (Lipinski definition) is 2. The number of pyridine rings is 1. The van der Waals surface area contributed by atoms with Gasteiger partial charge in [-0.05, 0) is 36.4 Å². The molecule has 0 spiro atoms. The maximum absolute atomic E-state index is 5.61. The number of nitrogens with one attached hydrogen (secondary N) is 1. The molecule has 0 saturated carbocycles. The minimum Gasteiger partial charge on any atom is -0.486 e. The highest BCUT2D eigenvalue weighted by molar-refractivity contribution is 5.52. The van der Waals surface area contributed by atoms with Gasteiger partial charge in [-0.3, -0.25) is 10.1 Å². The van der Waals surface area contributed by atoms with Crippen molar-refractivity contribution in [3.63, 3.8) is 0 Å². The summed E-state index contributed by atoms with van der Waals surface area (Å²) in [4.78, 5) is 8.39. The second kappa shape index (κ2) is 5.40. The predicted molar refractivity (Wildman–Crippen MR) is 74.8 cm³/mol. The second-order valence-electron chi connectivity index (χ2n) is 4.21. The zero-order valence-electron chi connectivity index (χ0n) is 10.7. The molecule has 0 radical (unpaired) electrons. The number of benzene rings is 1. The lowest BCUT2D eigenvalue weighted by atomic mass is 10.3. The number of aromatic nitrogens is 4. The van der Waals surface area contributed by atoms with Crippen molar-refractivity contribution in [1.82, 2.24) is 20.2 Å². The summed E-state index contributed by atoms with van der Waals surface area (Å²) in [6.07, 6.45) is 3.43. The van der Waals surface area contributed by atoms with Crippen LogP contribution in [0.4, 0.5) is 5.69 Å². The Labute approximate surface area is 115 Å². The molecule has 0 unspecified atom stereocenters.